The Morgan fingerprint density at radius 1 is 1.05 bits per heavy atom. The van der Waals surface area contributed by atoms with E-state index < -0.39 is 0 Å². The summed E-state index contributed by atoms with van der Waals surface area (Å²) in [6.45, 7) is 6.61. The van der Waals surface area contributed by atoms with Gasteiger partial charge in [-0.15, -0.1) is 0 Å². The lowest BCUT2D eigenvalue weighted by molar-refractivity contribution is -0.133. The Kier molecular flexibility index (Phi) is 3.52. The molecule has 4 fully saturated rings. The Morgan fingerprint density at radius 3 is 2.48 bits per heavy atom. The number of rotatable bonds is 2. The molecule has 4 rings (SSSR count). The lowest BCUT2D eigenvalue weighted by atomic mass is 9.91. The van der Waals surface area contributed by atoms with Crippen LogP contribution in [-0.4, -0.2) is 47.9 Å². The molecule has 3 heteroatoms. The molecule has 2 unspecified atom stereocenters. The molecular formula is C18H30N2O. The Labute approximate surface area is 129 Å². The predicted octanol–water partition coefficient (Wildman–Crippen LogP) is 2.90. The molecule has 1 saturated heterocycles. The number of carbonyl (C=O) groups is 1. The highest BCUT2D eigenvalue weighted by Gasteiger charge is 2.59. The highest BCUT2D eigenvalue weighted by Crippen LogP contribution is 2.63. The van der Waals surface area contributed by atoms with Crippen LogP contribution in [0.2, 0.25) is 0 Å². The summed E-state index contributed by atoms with van der Waals surface area (Å²) in [5.74, 6) is 1.52. The van der Waals surface area contributed by atoms with Gasteiger partial charge in [-0.1, -0.05) is 26.2 Å². The molecule has 0 aromatic carbocycles. The average molecular weight is 290 g/mol. The van der Waals surface area contributed by atoms with Crippen molar-refractivity contribution in [2.45, 2.75) is 64.3 Å². The third-order valence-electron chi connectivity index (χ3n) is 6.73. The Hall–Kier alpha value is -0.570. The maximum Gasteiger partial charge on any atom is 0.226 e. The minimum atomic E-state index is 0.391. The third-order valence-corrected chi connectivity index (χ3v) is 6.73. The summed E-state index contributed by atoms with van der Waals surface area (Å²) in [7, 11) is 0. The van der Waals surface area contributed by atoms with Crippen molar-refractivity contribution in [2.75, 3.05) is 26.2 Å². The molecule has 1 heterocycles. The van der Waals surface area contributed by atoms with Crippen LogP contribution in [0.25, 0.3) is 0 Å². The Balaban J connectivity index is 1.38. The molecule has 1 aliphatic heterocycles. The molecule has 0 bridgehead atoms. The van der Waals surface area contributed by atoms with Crippen LogP contribution in [0.1, 0.15) is 58.3 Å². The Bertz CT molecular complexity index is 411. The van der Waals surface area contributed by atoms with Crippen LogP contribution in [0.5, 0.6) is 0 Å². The summed E-state index contributed by atoms with van der Waals surface area (Å²) < 4.78 is 0. The van der Waals surface area contributed by atoms with Gasteiger partial charge in [0.15, 0.2) is 0 Å². The Morgan fingerprint density at radius 2 is 1.81 bits per heavy atom. The predicted molar refractivity (Wildman–Crippen MR) is 84.0 cm³/mol. The minimum absolute atomic E-state index is 0.391. The van der Waals surface area contributed by atoms with E-state index in [1.165, 1.54) is 57.9 Å². The van der Waals surface area contributed by atoms with E-state index in [2.05, 4.69) is 16.7 Å². The van der Waals surface area contributed by atoms with Gasteiger partial charge in [0.25, 0.3) is 0 Å². The molecule has 1 spiro atoms. The highest BCUT2D eigenvalue weighted by molar-refractivity contribution is 5.82. The fraction of sp³-hybridized carbons (Fsp3) is 0.944. The van der Waals surface area contributed by atoms with Gasteiger partial charge < -0.3 is 4.90 Å². The third kappa shape index (κ3) is 2.52. The smallest absolute Gasteiger partial charge is 0.226 e. The molecule has 3 saturated carbocycles. The van der Waals surface area contributed by atoms with Crippen LogP contribution < -0.4 is 0 Å². The second-order valence-corrected chi connectivity index (χ2v) is 8.30. The summed E-state index contributed by atoms with van der Waals surface area (Å²) >= 11 is 0. The number of nitrogens with zero attached hydrogens (tertiary/aromatic N) is 2. The summed E-state index contributed by atoms with van der Waals surface area (Å²) in [4.78, 5) is 17.8. The van der Waals surface area contributed by atoms with Crippen molar-refractivity contribution in [1.82, 2.24) is 9.80 Å². The monoisotopic (exact) mass is 290 g/mol. The maximum absolute atomic E-state index is 12.9. The zero-order valence-electron chi connectivity index (χ0n) is 13.5. The van der Waals surface area contributed by atoms with Gasteiger partial charge in [-0.25, -0.2) is 0 Å². The maximum atomic E-state index is 12.9. The molecule has 4 aliphatic rings. The van der Waals surface area contributed by atoms with E-state index >= 15 is 0 Å². The number of hydrogen-bond donors (Lipinski definition) is 0. The zero-order chi connectivity index (χ0) is 14.4. The molecule has 3 nitrogen and oxygen atoms in total. The fourth-order valence-electron chi connectivity index (χ4n) is 5.10. The molecule has 0 aromatic rings. The van der Waals surface area contributed by atoms with Crippen molar-refractivity contribution < 1.29 is 4.79 Å². The van der Waals surface area contributed by atoms with Crippen LogP contribution in [0.3, 0.4) is 0 Å². The zero-order valence-corrected chi connectivity index (χ0v) is 13.5. The molecule has 0 radical (unpaired) electrons. The van der Waals surface area contributed by atoms with E-state index in [1.807, 2.05) is 0 Å². The van der Waals surface area contributed by atoms with E-state index in [0.717, 1.165) is 25.7 Å². The first-order valence-electron chi connectivity index (χ1n) is 9.21. The van der Waals surface area contributed by atoms with Gasteiger partial charge in [-0.3, -0.25) is 9.69 Å². The van der Waals surface area contributed by atoms with Gasteiger partial charge >= 0.3 is 0 Å². The molecule has 3 aliphatic carbocycles. The quantitative estimate of drug-likeness (QED) is 0.781. The molecular weight excluding hydrogens is 260 g/mol. The summed E-state index contributed by atoms with van der Waals surface area (Å²) in [6.07, 6.45) is 10.7. The molecule has 21 heavy (non-hydrogen) atoms. The second-order valence-electron chi connectivity index (χ2n) is 8.30. The largest absolute Gasteiger partial charge is 0.341 e. The molecule has 0 aromatic heterocycles. The van der Waals surface area contributed by atoms with Crippen LogP contribution in [0, 0.1) is 17.3 Å². The van der Waals surface area contributed by atoms with Crippen molar-refractivity contribution in [3.05, 3.63) is 0 Å². The standard InChI is InChI=1S/C18H30N2O/c1-14-12-19(15-5-4-6-15)9-10-20(13-14)17(21)16-11-18(16)7-2-3-8-18/h14-16H,2-13H2,1H3. The first-order valence-corrected chi connectivity index (χ1v) is 9.21. The van der Waals surface area contributed by atoms with Gasteiger partial charge in [0.2, 0.25) is 5.91 Å². The van der Waals surface area contributed by atoms with E-state index in [-0.39, 0.29) is 0 Å². The lowest BCUT2D eigenvalue weighted by Gasteiger charge is -2.37. The van der Waals surface area contributed by atoms with Gasteiger partial charge in [0, 0.05) is 38.1 Å². The van der Waals surface area contributed by atoms with Gasteiger partial charge in [-0.05, 0) is 43.4 Å². The number of hydrogen-bond acceptors (Lipinski definition) is 2. The van der Waals surface area contributed by atoms with Gasteiger partial charge in [0.1, 0.15) is 0 Å². The SMILES string of the molecule is CC1CN(C(=O)C2CC23CCCC3)CCN(C2CCC2)C1. The topological polar surface area (TPSA) is 23.6 Å². The normalized spacial score (nSPS) is 36.5. The van der Waals surface area contributed by atoms with Crippen molar-refractivity contribution in [3.8, 4) is 0 Å². The van der Waals surface area contributed by atoms with E-state index in [1.54, 1.807) is 0 Å². The van der Waals surface area contributed by atoms with Crippen LogP contribution in [0.15, 0.2) is 0 Å². The van der Waals surface area contributed by atoms with E-state index in [0.29, 0.717) is 23.2 Å². The number of amides is 1. The minimum Gasteiger partial charge on any atom is -0.341 e. The van der Waals surface area contributed by atoms with E-state index in [9.17, 15) is 4.79 Å². The second kappa shape index (κ2) is 5.26. The molecule has 1 amide bonds. The molecule has 2 atom stereocenters. The fourth-order valence-corrected chi connectivity index (χ4v) is 5.10. The van der Waals surface area contributed by atoms with Crippen molar-refractivity contribution in [1.29, 1.82) is 0 Å². The number of carbonyl (C=O) groups excluding carboxylic acids is 1. The van der Waals surface area contributed by atoms with E-state index in [4.69, 9.17) is 0 Å². The lowest BCUT2D eigenvalue weighted by Crippen LogP contribution is -2.43. The first kappa shape index (κ1) is 14.0. The molecule has 0 N–H and O–H groups in total. The van der Waals surface area contributed by atoms with Crippen molar-refractivity contribution >= 4 is 5.91 Å². The van der Waals surface area contributed by atoms with Gasteiger partial charge in [0.05, 0.1) is 0 Å². The average Bonchev–Trinajstić information content (AvgIpc) is 2.95. The summed E-state index contributed by atoms with van der Waals surface area (Å²) in [5, 5.41) is 0. The van der Waals surface area contributed by atoms with Crippen LogP contribution in [0.4, 0.5) is 0 Å². The summed E-state index contributed by atoms with van der Waals surface area (Å²) in [6, 6.07) is 0.824. The summed E-state index contributed by atoms with van der Waals surface area (Å²) in [5.41, 5.74) is 0.459. The van der Waals surface area contributed by atoms with Crippen molar-refractivity contribution in [3.63, 3.8) is 0 Å². The van der Waals surface area contributed by atoms with Gasteiger partial charge in [-0.2, -0.15) is 0 Å². The van der Waals surface area contributed by atoms with Crippen LogP contribution >= 0.6 is 0 Å². The first-order chi connectivity index (χ1) is 10.2. The van der Waals surface area contributed by atoms with Crippen LogP contribution in [-0.2, 0) is 4.79 Å². The molecule has 118 valence electrons. The highest BCUT2D eigenvalue weighted by atomic mass is 16.2. The van der Waals surface area contributed by atoms with Crippen molar-refractivity contribution in [2.24, 2.45) is 17.3 Å².